The Morgan fingerprint density at radius 3 is 2.56 bits per heavy atom. The lowest BCUT2D eigenvalue weighted by atomic mass is 9.83. The highest BCUT2D eigenvalue weighted by Crippen LogP contribution is 2.38. The van der Waals surface area contributed by atoms with E-state index in [0.717, 1.165) is 5.56 Å². The average Bonchev–Trinajstić information content (AvgIpc) is 2.73. The van der Waals surface area contributed by atoms with Crippen molar-refractivity contribution in [3.05, 3.63) is 59.4 Å². The molecular weight excluding hydrogens is 439 g/mol. The van der Waals surface area contributed by atoms with Crippen LogP contribution in [0.1, 0.15) is 31.4 Å². The minimum Gasteiger partial charge on any atom is -0.489 e. The van der Waals surface area contributed by atoms with Gasteiger partial charge in [-0.3, -0.25) is 10.0 Å². The van der Waals surface area contributed by atoms with Crippen molar-refractivity contribution in [3.8, 4) is 5.75 Å². The summed E-state index contributed by atoms with van der Waals surface area (Å²) >= 11 is 0. The third-order valence-electron chi connectivity index (χ3n) is 5.75. The molecule has 0 saturated carbocycles. The summed E-state index contributed by atoms with van der Waals surface area (Å²) in [6, 6.07) is 10.2. The van der Waals surface area contributed by atoms with E-state index in [4.69, 9.17) is 15.3 Å². The predicted molar refractivity (Wildman–Crippen MR) is 114 cm³/mol. The quantitative estimate of drug-likeness (QED) is 0.291. The molecule has 1 aliphatic rings. The Bertz CT molecular complexity index is 1090. The number of aryl methyl sites for hydroxylation is 1. The number of amides is 1. The highest BCUT2D eigenvalue weighted by atomic mass is 32.2. The molecular formula is C22H27FN2O6S. The normalized spacial score (nSPS) is 20.6. The van der Waals surface area contributed by atoms with E-state index in [1.165, 1.54) is 36.4 Å². The fraction of sp³-hybridized carbons (Fsp3) is 0.409. The maximum Gasteiger partial charge on any atom is 0.268 e. The van der Waals surface area contributed by atoms with E-state index in [2.05, 4.69) is 0 Å². The van der Waals surface area contributed by atoms with Crippen LogP contribution in [0.15, 0.2) is 47.4 Å². The van der Waals surface area contributed by atoms with Gasteiger partial charge in [0.1, 0.15) is 18.2 Å². The molecule has 2 atom stereocenters. The van der Waals surface area contributed by atoms with Crippen molar-refractivity contribution < 1.29 is 32.3 Å². The van der Waals surface area contributed by atoms with Gasteiger partial charge in [-0.2, -0.15) is 5.17 Å². The van der Waals surface area contributed by atoms with Crippen molar-refractivity contribution in [2.75, 3.05) is 6.61 Å². The molecule has 32 heavy (non-hydrogen) atoms. The number of hydrogen-bond acceptors (Lipinski definition) is 7. The van der Waals surface area contributed by atoms with Crippen LogP contribution in [0, 0.1) is 18.7 Å². The van der Waals surface area contributed by atoms with Gasteiger partial charge in [0.05, 0.1) is 21.7 Å². The molecule has 8 nitrogen and oxygen atoms in total. The van der Waals surface area contributed by atoms with Crippen LogP contribution in [0.4, 0.5) is 4.39 Å². The van der Waals surface area contributed by atoms with Crippen molar-refractivity contribution in [2.45, 2.75) is 49.5 Å². The van der Waals surface area contributed by atoms with E-state index < -0.39 is 32.5 Å². The summed E-state index contributed by atoms with van der Waals surface area (Å²) in [7, 11) is -3.96. The Kier molecular flexibility index (Phi) is 6.89. The second kappa shape index (κ2) is 9.14. The Morgan fingerprint density at radius 1 is 1.28 bits per heavy atom. The van der Waals surface area contributed by atoms with Crippen LogP contribution in [0.2, 0.25) is 0 Å². The van der Waals surface area contributed by atoms with Crippen LogP contribution in [-0.2, 0) is 26.0 Å². The molecule has 0 aliphatic carbocycles. The summed E-state index contributed by atoms with van der Waals surface area (Å²) < 4.78 is 51.4. The Morgan fingerprint density at radius 2 is 1.94 bits per heavy atom. The molecule has 3 N–H and O–H groups in total. The zero-order chi connectivity index (χ0) is 23.7. The number of hydrogen-bond donors (Lipinski definition) is 2. The SMILES string of the molecule is Cc1ccc(F)cc1COc1ccc(S(=O)(=O)C2CCOC(C)(C)C2C(=O)N(N)O)cc1. The zero-order valence-electron chi connectivity index (χ0n) is 18.1. The van der Waals surface area contributed by atoms with Crippen molar-refractivity contribution in [1.82, 2.24) is 5.17 Å². The Balaban J connectivity index is 1.82. The lowest BCUT2D eigenvalue weighted by molar-refractivity contribution is -0.187. The zero-order valence-corrected chi connectivity index (χ0v) is 18.9. The molecule has 1 saturated heterocycles. The van der Waals surface area contributed by atoms with Crippen LogP contribution >= 0.6 is 0 Å². The van der Waals surface area contributed by atoms with E-state index in [-0.39, 0.29) is 35.5 Å². The summed E-state index contributed by atoms with van der Waals surface area (Å²) in [5.74, 6) is 3.12. The summed E-state index contributed by atoms with van der Waals surface area (Å²) in [6.07, 6.45) is 0.0765. The first-order chi connectivity index (χ1) is 14.9. The van der Waals surface area contributed by atoms with Gasteiger partial charge in [-0.15, -0.1) is 0 Å². The lowest BCUT2D eigenvalue weighted by Crippen LogP contribution is -2.57. The third-order valence-corrected chi connectivity index (χ3v) is 7.98. The highest BCUT2D eigenvalue weighted by molar-refractivity contribution is 7.92. The van der Waals surface area contributed by atoms with Gasteiger partial charge in [0.15, 0.2) is 9.84 Å². The van der Waals surface area contributed by atoms with Gasteiger partial charge in [0.2, 0.25) is 0 Å². The molecule has 1 amide bonds. The number of benzene rings is 2. The standard InChI is InChI=1S/C22H27FN2O6S/c1-14-4-5-16(23)12-15(14)13-30-17-6-8-18(9-7-17)32(28,29)19-10-11-31-22(2,3)20(19)21(26)25(24)27/h4-9,12,19-20,27H,10-11,13,24H2,1-3H3. The first kappa shape index (κ1) is 24.1. The van der Waals surface area contributed by atoms with E-state index in [0.29, 0.717) is 11.3 Å². The molecule has 0 spiro atoms. The van der Waals surface area contributed by atoms with Gasteiger partial charge in [0.25, 0.3) is 5.91 Å². The molecule has 0 bridgehead atoms. The fourth-order valence-corrected chi connectivity index (χ4v) is 6.01. The number of sulfone groups is 1. The largest absolute Gasteiger partial charge is 0.489 e. The van der Waals surface area contributed by atoms with Crippen LogP contribution < -0.4 is 10.6 Å². The second-order valence-electron chi connectivity index (χ2n) is 8.32. The average molecular weight is 467 g/mol. The number of carbonyl (C=O) groups excluding carboxylic acids is 1. The van der Waals surface area contributed by atoms with Gasteiger partial charge in [-0.1, -0.05) is 6.07 Å². The van der Waals surface area contributed by atoms with Crippen molar-refractivity contribution in [1.29, 1.82) is 0 Å². The van der Waals surface area contributed by atoms with Crippen molar-refractivity contribution >= 4 is 15.7 Å². The topological polar surface area (TPSA) is 119 Å². The number of halogens is 1. The molecule has 2 unspecified atom stereocenters. The number of rotatable bonds is 6. The minimum absolute atomic E-state index is 0.00815. The van der Waals surface area contributed by atoms with E-state index in [1.54, 1.807) is 19.9 Å². The van der Waals surface area contributed by atoms with E-state index in [9.17, 15) is 22.8 Å². The number of nitrogens with zero attached hydrogens (tertiary/aromatic N) is 1. The van der Waals surface area contributed by atoms with E-state index >= 15 is 0 Å². The Hall–Kier alpha value is -2.53. The Labute approximate surface area is 186 Å². The van der Waals surface area contributed by atoms with Crippen LogP contribution in [0.3, 0.4) is 0 Å². The smallest absolute Gasteiger partial charge is 0.268 e. The fourth-order valence-electron chi connectivity index (χ4n) is 3.93. The number of hydrazine groups is 1. The van der Waals surface area contributed by atoms with Crippen LogP contribution in [0.5, 0.6) is 5.75 Å². The van der Waals surface area contributed by atoms with Crippen molar-refractivity contribution in [2.24, 2.45) is 11.8 Å². The van der Waals surface area contributed by atoms with E-state index in [1.807, 2.05) is 6.92 Å². The van der Waals surface area contributed by atoms with Gasteiger partial charge in [-0.05, 0) is 74.7 Å². The maximum absolute atomic E-state index is 13.4. The number of nitrogens with two attached hydrogens (primary N) is 1. The molecule has 174 valence electrons. The van der Waals surface area contributed by atoms with Gasteiger partial charge in [0, 0.05) is 6.61 Å². The lowest BCUT2D eigenvalue weighted by Gasteiger charge is -2.42. The first-order valence-electron chi connectivity index (χ1n) is 10.1. The minimum atomic E-state index is -3.96. The molecule has 2 aromatic carbocycles. The molecule has 1 heterocycles. The summed E-state index contributed by atoms with van der Waals surface area (Å²) in [6.45, 7) is 5.29. The predicted octanol–water partition coefficient (Wildman–Crippen LogP) is 2.76. The van der Waals surface area contributed by atoms with Gasteiger partial charge in [-0.25, -0.2) is 18.7 Å². The molecule has 1 fully saturated rings. The molecule has 0 radical (unpaired) electrons. The monoisotopic (exact) mass is 466 g/mol. The summed E-state index contributed by atoms with van der Waals surface area (Å²) in [5, 5.41) is 8.24. The molecule has 1 aliphatic heterocycles. The maximum atomic E-state index is 13.4. The summed E-state index contributed by atoms with van der Waals surface area (Å²) in [5.41, 5.74) is 0.420. The number of ether oxygens (including phenoxy) is 2. The molecule has 3 rings (SSSR count). The first-order valence-corrected chi connectivity index (χ1v) is 11.6. The van der Waals surface area contributed by atoms with Crippen LogP contribution in [-0.4, -0.2) is 42.2 Å². The summed E-state index contributed by atoms with van der Waals surface area (Å²) in [4.78, 5) is 12.5. The number of hydroxylamine groups is 1. The third kappa shape index (κ3) is 4.93. The van der Waals surface area contributed by atoms with Gasteiger partial charge < -0.3 is 9.47 Å². The number of carbonyl (C=O) groups is 1. The molecule has 10 heteroatoms. The molecule has 0 aromatic heterocycles. The second-order valence-corrected chi connectivity index (χ2v) is 10.5. The van der Waals surface area contributed by atoms with Gasteiger partial charge >= 0.3 is 0 Å². The van der Waals surface area contributed by atoms with Crippen LogP contribution in [0.25, 0.3) is 0 Å². The van der Waals surface area contributed by atoms with Crippen molar-refractivity contribution in [3.63, 3.8) is 0 Å². The molecule has 2 aromatic rings. The highest BCUT2D eigenvalue weighted by Gasteiger charge is 2.51.